The van der Waals surface area contributed by atoms with Gasteiger partial charge in [0.15, 0.2) is 0 Å². The van der Waals surface area contributed by atoms with Crippen LogP contribution in [-0.2, 0) is 7.05 Å². The number of anilines is 1. The van der Waals surface area contributed by atoms with Crippen molar-refractivity contribution in [1.29, 1.82) is 5.26 Å². The first kappa shape index (κ1) is 16.7. The molecule has 0 saturated heterocycles. The number of nitrogens with one attached hydrogen (secondary N) is 1. The number of pyridine rings is 1. The summed E-state index contributed by atoms with van der Waals surface area (Å²) in [6.45, 7) is 2.33. The summed E-state index contributed by atoms with van der Waals surface area (Å²) in [6.07, 6.45) is 4.27. The lowest BCUT2D eigenvalue weighted by molar-refractivity contribution is 0.137. The number of aromatic nitrogens is 4. The number of nitriles is 1. The maximum atomic E-state index is 10.3. The van der Waals surface area contributed by atoms with Gasteiger partial charge in [-0.1, -0.05) is 11.6 Å². The quantitative estimate of drug-likeness (QED) is 0.878. The number of hydrogen-bond acceptors (Lipinski definition) is 6. The molecule has 0 bridgehead atoms. The molecule has 0 radical (unpaired) electrons. The summed E-state index contributed by atoms with van der Waals surface area (Å²) in [5.41, 5.74) is 1.15. The Morgan fingerprint density at radius 1 is 1.50 bits per heavy atom. The van der Waals surface area contributed by atoms with Crippen molar-refractivity contribution in [2.24, 2.45) is 13.0 Å². The van der Waals surface area contributed by atoms with Crippen molar-refractivity contribution in [3.63, 3.8) is 0 Å². The van der Waals surface area contributed by atoms with E-state index in [2.05, 4.69) is 26.6 Å². The average molecular weight is 347 g/mol. The summed E-state index contributed by atoms with van der Waals surface area (Å²) in [4.78, 5) is 4.21. The normalized spacial score (nSPS) is 23.2. The molecule has 2 heterocycles. The predicted molar refractivity (Wildman–Crippen MR) is 89.7 cm³/mol. The number of rotatable bonds is 4. The molecular formula is C16H19ClN6O. The van der Waals surface area contributed by atoms with Crippen molar-refractivity contribution in [3.8, 4) is 6.07 Å². The van der Waals surface area contributed by atoms with Gasteiger partial charge in [0.25, 0.3) is 0 Å². The Morgan fingerprint density at radius 2 is 2.29 bits per heavy atom. The van der Waals surface area contributed by atoms with Gasteiger partial charge >= 0.3 is 0 Å². The van der Waals surface area contributed by atoms with Gasteiger partial charge in [0.1, 0.15) is 24.0 Å². The van der Waals surface area contributed by atoms with Crippen LogP contribution in [0.2, 0.25) is 5.02 Å². The molecule has 1 saturated carbocycles. The monoisotopic (exact) mass is 346 g/mol. The highest BCUT2D eigenvalue weighted by molar-refractivity contribution is 6.31. The molecule has 0 amide bonds. The van der Waals surface area contributed by atoms with Gasteiger partial charge < -0.3 is 15.0 Å². The molecule has 0 aliphatic heterocycles. The molecule has 0 unspecified atom stereocenters. The van der Waals surface area contributed by atoms with E-state index in [-0.39, 0.29) is 11.8 Å². The van der Waals surface area contributed by atoms with Crippen LogP contribution in [0, 0.1) is 24.2 Å². The number of aliphatic hydroxyl groups is 1. The van der Waals surface area contributed by atoms with Gasteiger partial charge in [-0.2, -0.15) is 5.26 Å². The Hall–Kier alpha value is -2.17. The van der Waals surface area contributed by atoms with Crippen molar-refractivity contribution in [1.82, 2.24) is 19.7 Å². The molecule has 0 aromatic carbocycles. The van der Waals surface area contributed by atoms with Gasteiger partial charge in [0.2, 0.25) is 0 Å². The minimum Gasteiger partial charge on any atom is -0.393 e. The first-order chi connectivity index (χ1) is 11.5. The second-order valence-electron chi connectivity index (χ2n) is 6.24. The van der Waals surface area contributed by atoms with Crippen LogP contribution in [0.5, 0.6) is 0 Å². The van der Waals surface area contributed by atoms with E-state index in [9.17, 15) is 10.4 Å². The summed E-state index contributed by atoms with van der Waals surface area (Å²) in [7, 11) is 1.91. The molecule has 126 valence electrons. The third-order valence-electron chi connectivity index (χ3n) is 4.69. The predicted octanol–water partition coefficient (Wildman–Crippen LogP) is 2.01. The fourth-order valence-electron chi connectivity index (χ4n) is 3.27. The van der Waals surface area contributed by atoms with Crippen molar-refractivity contribution in [2.45, 2.75) is 31.8 Å². The second kappa shape index (κ2) is 6.75. The molecule has 0 spiro atoms. The van der Waals surface area contributed by atoms with E-state index in [1.165, 1.54) is 6.20 Å². The van der Waals surface area contributed by atoms with E-state index in [4.69, 9.17) is 11.6 Å². The summed E-state index contributed by atoms with van der Waals surface area (Å²) in [5.74, 6) is 1.66. The lowest BCUT2D eigenvalue weighted by Crippen LogP contribution is -2.22. The van der Waals surface area contributed by atoms with E-state index < -0.39 is 6.10 Å². The third-order valence-corrected chi connectivity index (χ3v) is 5.07. The summed E-state index contributed by atoms with van der Waals surface area (Å²) < 4.78 is 1.89. The molecule has 3 rings (SSSR count). The van der Waals surface area contributed by atoms with Gasteiger partial charge in [-0.05, 0) is 25.3 Å². The van der Waals surface area contributed by atoms with Crippen LogP contribution in [0.3, 0.4) is 0 Å². The van der Waals surface area contributed by atoms with Gasteiger partial charge in [0.05, 0.1) is 16.7 Å². The molecule has 1 aliphatic rings. The number of aliphatic hydroxyl groups excluding tert-OH is 1. The average Bonchev–Trinajstić information content (AvgIpc) is 3.14. The van der Waals surface area contributed by atoms with Crippen LogP contribution in [-0.4, -0.2) is 37.5 Å². The standard InChI is InChI=1S/C16H19ClN6O/c1-9-12(5-18)15(20-7-13(9)17)19-6-11-3-10(4-14(11)24)16-22-21-8-23(16)2/h7-8,10-11,14,24H,3-4,6H2,1-2H3,(H,19,20)/t10-,11+,14+/m0/s1. The molecule has 2 aromatic rings. The maximum Gasteiger partial charge on any atom is 0.144 e. The molecule has 3 atom stereocenters. The first-order valence-corrected chi connectivity index (χ1v) is 8.20. The van der Waals surface area contributed by atoms with Gasteiger partial charge in [-0.3, -0.25) is 0 Å². The number of halogens is 1. The fraction of sp³-hybridized carbons (Fsp3) is 0.500. The first-order valence-electron chi connectivity index (χ1n) is 7.82. The van der Waals surface area contributed by atoms with Gasteiger partial charge in [-0.25, -0.2) is 4.98 Å². The smallest absolute Gasteiger partial charge is 0.144 e. The van der Waals surface area contributed by atoms with Crippen LogP contribution in [0.15, 0.2) is 12.5 Å². The molecular weight excluding hydrogens is 328 g/mol. The Morgan fingerprint density at radius 3 is 2.96 bits per heavy atom. The van der Waals surface area contributed by atoms with Crippen molar-refractivity contribution in [2.75, 3.05) is 11.9 Å². The number of nitrogens with zero attached hydrogens (tertiary/aromatic N) is 5. The molecule has 8 heteroatoms. The Kier molecular flexibility index (Phi) is 4.69. The Labute approximate surface area is 145 Å². The molecule has 1 aliphatic carbocycles. The zero-order valence-electron chi connectivity index (χ0n) is 13.6. The lowest BCUT2D eigenvalue weighted by atomic mass is 10.0. The largest absolute Gasteiger partial charge is 0.393 e. The van der Waals surface area contributed by atoms with Crippen molar-refractivity contribution < 1.29 is 5.11 Å². The van der Waals surface area contributed by atoms with E-state index in [1.807, 2.05) is 11.6 Å². The van der Waals surface area contributed by atoms with Crippen LogP contribution < -0.4 is 5.32 Å². The van der Waals surface area contributed by atoms with E-state index in [0.29, 0.717) is 34.9 Å². The highest BCUT2D eigenvalue weighted by Gasteiger charge is 2.35. The Bertz CT molecular complexity index is 783. The van der Waals surface area contributed by atoms with Crippen LogP contribution in [0.4, 0.5) is 5.82 Å². The SMILES string of the molecule is Cc1c(Cl)cnc(NC[C@H]2C[C@H](c3nncn3C)C[C@H]2O)c1C#N. The molecule has 2 aromatic heterocycles. The maximum absolute atomic E-state index is 10.3. The zero-order chi connectivity index (χ0) is 17.3. The highest BCUT2D eigenvalue weighted by atomic mass is 35.5. The topological polar surface area (TPSA) is 99.7 Å². The highest BCUT2D eigenvalue weighted by Crippen LogP contribution is 2.37. The lowest BCUT2D eigenvalue weighted by Gasteiger charge is -2.16. The van der Waals surface area contributed by atoms with E-state index in [0.717, 1.165) is 12.2 Å². The fourth-order valence-corrected chi connectivity index (χ4v) is 3.42. The van der Waals surface area contributed by atoms with Gasteiger partial charge in [-0.15, -0.1) is 10.2 Å². The third kappa shape index (κ3) is 3.07. The van der Waals surface area contributed by atoms with Crippen LogP contribution in [0.25, 0.3) is 0 Å². The number of aryl methyl sites for hydroxylation is 1. The minimum absolute atomic E-state index is 0.0658. The minimum atomic E-state index is -0.418. The summed E-state index contributed by atoms with van der Waals surface area (Å²) in [6, 6.07) is 2.14. The molecule has 1 fully saturated rings. The van der Waals surface area contributed by atoms with Crippen molar-refractivity contribution in [3.05, 3.63) is 34.5 Å². The van der Waals surface area contributed by atoms with Crippen molar-refractivity contribution >= 4 is 17.4 Å². The number of hydrogen-bond donors (Lipinski definition) is 2. The summed E-state index contributed by atoms with van der Waals surface area (Å²) in [5, 5.41) is 31.4. The van der Waals surface area contributed by atoms with Crippen LogP contribution in [0.1, 0.15) is 35.7 Å². The van der Waals surface area contributed by atoms with E-state index in [1.54, 1.807) is 13.3 Å². The molecule has 7 nitrogen and oxygen atoms in total. The Balaban J connectivity index is 1.69. The summed E-state index contributed by atoms with van der Waals surface area (Å²) >= 11 is 6.01. The zero-order valence-corrected chi connectivity index (χ0v) is 14.3. The molecule has 24 heavy (non-hydrogen) atoms. The van der Waals surface area contributed by atoms with Crippen LogP contribution >= 0.6 is 11.6 Å². The van der Waals surface area contributed by atoms with Gasteiger partial charge in [0, 0.05) is 31.6 Å². The second-order valence-corrected chi connectivity index (χ2v) is 6.65. The van der Waals surface area contributed by atoms with E-state index >= 15 is 0 Å². The molecule has 2 N–H and O–H groups in total.